The number of nitrogens with two attached hydrogens (primary N) is 1. The van der Waals surface area contributed by atoms with Gasteiger partial charge in [-0.1, -0.05) is 165 Å². The van der Waals surface area contributed by atoms with Crippen LogP contribution in [-0.2, 0) is 27.9 Å². The third kappa shape index (κ3) is 37.7. The highest BCUT2D eigenvalue weighted by atomic mass is 31.2. The van der Waals surface area contributed by atoms with Gasteiger partial charge in [-0.25, -0.2) is 4.57 Å². The molecule has 0 aliphatic heterocycles. The summed E-state index contributed by atoms with van der Waals surface area (Å²) in [6, 6.07) is 0. The van der Waals surface area contributed by atoms with Crippen LogP contribution >= 0.6 is 7.82 Å². The predicted octanol–water partition coefficient (Wildman–Crippen LogP) is 11.6. The third-order valence-electron chi connectivity index (χ3n) is 8.26. The normalized spacial score (nSPS) is 14.1. The van der Waals surface area contributed by atoms with Crippen molar-refractivity contribution in [1.82, 2.24) is 0 Å². The fourth-order valence-electron chi connectivity index (χ4n) is 5.35. The van der Waals surface area contributed by atoms with Crippen molar-refractivity contribution in [3.05, 3.63) is 48.6 Å². The third-order valence-corrected chi connectivity index (χ3v) is 9.24. The molecule has 292 valence electrons. The zero-order chi connectivity index (χ0) is 36.6. The summed E-state index contributed by atoms with van der Waals surface area (Å²) >= 11 is 0. The average Bonchev–Trinajstić information content (AvgIpc) is 3.10. The van der Waals surface area contributed by atoms with Gasteiger partial charge in [0.15, 0.2) is 0 Å². The maximum absolute atomic E-state index is 12.5. The van der Waals surface area contributed by atoms with Crippen LogP contribution in [0.3, 0.4) is 0 Å². The van der Waals surface area contributed by atoms with Gasteiger partial charge in [-0.05, 0) is 44.9 Å². The zero-order valence-corrected chi connectivity index (χ0v) is 33.0. The molecule has 0 saturated heterocycles. The van der Waals surface area contributed by atoms with E-state index in [0.717, 1.165) is 57.8 Å². The summed E-state index contributed by atoms with van der Waals surface area (Å²) in [6.07, 6.45) is 44.3. The first-order chi connectivity index (χ1) is 24.4. The molecule has 0 radical (unpaired) electrons. The van der Waals surface area contributed by atoms with Gasteiger partial charge in [0.25, 0.3) is 0 Å². The number of hydrogen-bond donors (Lipinski definition) is 2. The number of ether oxygens (including phenoxy) is 2. The van der Waals surface area contributed by atoms with Crippen molar-refractivity contribution >= 4 is 13.8 Å². The van der Waals surface area contributed by atoms with Crippen LogP contribution in [0.25, 0.3) is 0 Å². The SMILES string of the molecule is CC/C=C\C/C=C\C/C=C\C/C=C\CCCOCC(COP(=O)(O)OCCN)OC(=O)CCCCCCCCCCCCCCCCCCC. The van der Waals surface area contributed by atoms with E-state index in [2.05, 4.69) is 62.5 Å². The molecule has 50 heavy (non-hydrogen) atoms. The van der Waals surface area contributed by atoms with Crippen molar-refractivity contribution in [2.24, 2.45) is 5.73 Å². The molecule has 0 fully saturated rings. The highest BCUT2D eigenvalue weighted by Crippen LogP contribution is 2.43. The Morgan fingerprint density at radius 3 is 1.60 bits per heavy atom. The van der Waals surface area contributed by atoms with Gasteiger partial charge in [0, 0.05) is 19.6 Å². The summed E-state index contributed by atoms with van der Waals surface area (Å²) in [5.74, 6) is -0.349. The molecule has 0 bridgehead atoms. The summed E-state index contributed by atoms with van der Waals surface area (Å²) < 4.78 is 33.3. The molecular formula is C41H76NO7P. The minimum atomic E-state index is -4.29. The molecule has 3 N–H and O–H groups in total. The Kier molecular flexibility index (Phi) is 37.5. The first-order valence-corrected chi connectivity index (χ1v) is 21.6. The van der Waals surface area contributed by atoms with Gasteiger partial charge in [0.05, 0.1) is 19.8 Å². The minimum Gasteiger partial charge on any atom is -0.457 e. The second-order valence-corrected chi connectivity index (χ2v) is 14.6. The Morgan fingerprint density at radius 2 is 1.10 bits per heavy atom. The maximum Gasteiger partial charge on any atom is 0.472 e. The summed E-state index contributed by atoms with van der Waals surface area (Å²) in [4.78, 5) is 22.4. The van der Waals surface area contributed by atoms with Crippen molar-refractivity contribution in [3.8, 4) is 0 Å². The number of allylic oxidation sites excluding steroid dienone is 8. The lowest BCUT2D eigenvalue weighted by atomic mass is 10.0. The first-order valence-electron chi connectivity index (χ1n) is 20.1. The molecule has 0 aliphatic rings. The van der Waals surface area contributed by atoms with E-state index in [1.807, 2.05) is 0 Å². The first kappa shape index (κ1) is 48.5. The molecule has 0 spiro atoms. The van der Waals surface area contributed by atoms with Crippen LogP contribution in [0, 0.1) is 0 Å². The number of rotatable bonds is 38. The summed E-state index contributed by atoms with van der Waals surface area (Å²) in [6.45, 7) is 4.66. The van der Waals surface area contributed by atoms with Crippen molar-refractivity contribution < 1.29 is 32.8 Å². The molecule has 0 amide bonds. The maximum atomic E-state index is 12.5. The van der Waals surface area contributed by atoms with E-state index in [1.165, 1.54) is 89.9 Å². The standard InChI is InChI=1S/C41H76NO7P/c1-3-5-7-9-11-13-15-17-19-20-21-22-24-26-28-30-32-34-41(43)49-40(39-48-50(44,45)47-37-35-42)38-46-36-33-31-29-27-25-23-18-16-14-12-10-8-6-4-2/h6,8,12,14,18,23,27,29,40H,3-5,7,9-11,13,15-17,19-22,24-26,28,30-39,42H2,1-2H3,(H,44,45)/b8-6-,14-12-,23-18-,29-27-. The van der Waals surface area contributed by atoms with E-state index in [9.17, 15) is 14.3 Å². The Balaban J connectivity index is 4.12. The number of carbonyl (C=O) groups excluding carboxylic acids is 1. The van der Waals surface area contributed by atoms with Gasteiger partial charge in [-0.15, -0.1) is 0 Å². The van der Waals surface area contributed by atoms with Crippen LogP contribution in [0.15, 0.2) is 48.6 Å². The molecule has 0 aromatic heterocycles. The molecule has 0 saturated carbocycles. The monoisotopic (exact) mass is 726 g/mol. The van der Waals surface area contributed by atoms with Gasteiger partial charge in [0.2, 0.25) is 0 Å². The fraction of sp³-hybridized carbons (Fsp3) is 0.780. The predicted molar refractivity (Wildman–Crippen MR) is 210 cm³/mol. The largest absolute Gasteiger partial charge is 0.472 e. The van der Waals surface area contributed by atoms with Gasteiger partial charge in [-0.3, -0.25) is 13.8 Å². The second-order valence-electron chi connectivity index (χ2n) is 13.1. The topological polar surface area (TPSA) is 117 Å². The zero-order valence-electron chi connectivity index (χ0n) is 32.1. The molecule has 9 heteroatoms. The van der Waals surface area contributed by atoms with E-state index in [0.29, 0.717) is 13.0 Å². The summed E-state index contributed by atoms with van der Waals surface area (Å²) in [5, 5.41) is 0. The number of phosphoric acid groups is 1. The van der Waals surface area contributed by atoms with Crippen molar-refractivity contribution in [2.45, 2.75) is 174 Å². The van der Waals surface area contributed by atoms with E-state index >= 15 is 0 Å². The van der Waals surface area contributed by atoms with E-state index in [-0.39, 0.29) is 32.3 Å². The molecule has 2 unspecified atom stereocenters. The molecule has 0 heterocycles. The average molecular weight is 726 g/mol. The lowest BCUT2D eigenvalue weighted by molar-refractivity contribution is -0.154. The van der Waals surface area contributed by atoms with E-state index in [4.69, 9.17) is 24.3 Å². The van der Waals surface area contributed by atoms with Crippen LogP contribution in [0.2, 0.25) is 0 Å². The van der Waals surface area contributed by atoms with Gasteiger partial charge in [-0.2, -0.15) is 0 Å². The molecule has 0 aromatic rings. The Bertz CT molecular complexity index is 905. The number of esters is 1. The smallest absolute Gasteiger partial charge is 0.457 e. The van der Waals surface area contributed by atoms with Crippen LogP contribution in [0.4, 0.5) is 0 Å². The highest BCUT2D eigenvalue weighted by Gasteiger charge is 2.25. The van der Waals surface area contributed by atoms with Crippen molar-refractivity contribution in [2.75, 3.05) is 33.0 Å². The Morgan fingerprint density at radius 1 is 0.620 bits per heavy atom. The highest BCUT2D eigenvalue weighted by molar-refractivity contribution is 7.47. The van der Waals surface area contributed by atoms with Crippen LogP contribution in [-0.4, -0.2) is 49.9 Å². The second kappa shape index (κ2) is 38.7. The summed E-state index contributed by atoms with van der Waals surface area (Å²) in [7, 11) is -4.29. The lowest BCUT2D eigenvalue weighted by Gasteiger charge is -2.20. The molecular weight excluding hydrogens is 649 g/mol. The van der Waals surface area contributed by atoms with Crippen molar-refractivity contribution in [3.63, 3.8) is 0 Å². The fourth-order valence-corrected chi connectivity index (χ4v) is 6.12. The van der Waals surface area contributed by atoms with Crippen LogP contribution in [0.5, 0.6) is 0 Å². The van der Waals surface area contributed by atoms with Gasteiger partial charge < -0.3 is 20.1 Å². The Hall–Kier alpha value is -1.54. The van der Waals surface area contributed by atoms with Gasteiger partial charge in [0.1, 0.15) is 6.10 Å². The lowest BCUT2D eigenvalue weighted by Crippen LogP contribution is -2.28. The van der Waals surface area contributed by atoms with Crippen molar-refractivity contribution in [1.29, 1.82) is 0 Å². The number of carbonyl (C=O) groups is 1. The number of hydrogen-bond acceptors (Lipinski definition) is 7. The number of unbranched alkanes of at least 4 members (excludes halogenated alkanes) is 17. The number of phosphoric ester groups is 1. The molecule has 0 rings (SSSR count). The summed E-state index contributed by atoms with van der Waals surface area (Å²) in [5.41, 5.74) is 5.35. The quantitative estimate of drug-likeness (QED) is 0.0279. The molecule has 0 aromatic carbocycles. The van der Waals surface area contributed by atoms with E-state index in [1.54, 1.807) is 0 Å². The van der Waals surface area contributed by atoms with Gasteiger partial charge >= 0.3 is 13.8 Å². The molecule has 0 aliphatic carbocycles. The minimum absolute atomic E-state index is 0.0792. The van der Waals surface area contributed by atoms with Crippen LogP contribution in [0.1, 0.15) is 168 Å². The van der Waals surface area contributed by atoms with Crippen LogP contribution < -0.4 is 5.73 Å². The Labute approximate surface area is 307 Å². The molecule has 2 atom stereocenters. The van der Waals surface area contributed by atoms with E-state index < -0.39 is 13.9 Å². The molecule has 8 nitrogen and oxygen atoms in total.